The molecule has 3 rings (SSSR count). The van der Waals surface area contributed by atoms with Crippen molar-refractivity contribution in [3.63, 3.8) is 0 Å². The van der Waals surface area contributed by atoms with Gasteiger partial charge in [-0.1, -0.05) is 31.0 Å². The molecule has 1 N–H and O–H groups in total. The largest absolute Gasteiger partial charge is 0.478 e. The van der Waals surface area contributed by atoms with E-state index in [-0.39, 0.29) is 17.9 Å². The Morgan fingerprint density at radius 2 is 1.90 bits per heavy atom. The number of carboxylic acid groups (broad SMARTS) is 1. The molecule has 21 heavy (non-hydrogen) atoms. The van der Waals surface area contributed by atoms with Gasteiger partial charge in [-0.25, -0.2) is 4.79 Å². The average molecular weight is 287 g/mol. The summed E-state index contributed by atoms with van der Waals surface area (Å²) < 4.78 is 0. The van der Waals surface area contributed by atoms with E-state index >= 15 is 0 Å². The minimum absolute atomic E-state index is 0.0816. The molecule has 1 heterocycles. The third-order valence-corrected chi connectivity index (χ3v) is 4.92. The van der Waals surface area contributed by atoms with E-state index in [1.54, 1.807) is 24.3 Å². The van der Waals surface area contributed by atoms with E-state index in [1.165, 1.54) is 19.3 Å². The molecule has 1 amide bonds. The molecule has 1 aliphatic heterocycles. The predicted molar refractivity (Wildman–Crippen MR) is 79.2 cm³/mol. The molecule has 1 aromatic carbocycles. The number of amides is 1. The van der Waals surface area contributed by atoms with Crippen LogP contribution in [0.25, 0.3) is 0 Å². The molecule has 4 heteroatoms. The summed E-state index contributed by atoms with van der Waals surface area (Å²) in [6.07, 6.45) is 6.14. The van der Waals surface area contributed by atoms with Crippen LogP contribution in [0.4, 0.5) is 0 Å². The Kier molecular flexibility index (Phi) is 3.95. The summed E-state index contributed by atoms with van der Waals surface area (Å²) in [4.78, 5) is 25.8. The number of fused-ring (bicyclic) bond motifs is 1. The van der Waals surface area contributed by atoms with E-state index in [4.69, 9.17) is 0 Å². The highest BCUT2D eigenvalue weighted by atomic mass is 16.4. The van der Waals surface area contributed by atoms with Gasteiger partial charge in [-0.3, -0.25) is 4.79 Å². The smallest absolute Gasteiger partial charge is 0.335 e. The highest BCUT2D eigenvalue weighted by molar-refractivity contribution is 5.91. The Morgan fingerprint density at radius 3 is 2.71 bits per heavy atom. The molecule has 1 saturated carbocycles. The number of carboxylic acids is 1. The van der Waals surface area contributed by atoms with Crippen LogP contribution < -0.4 is 0 Å². The Bertz CT molecular complexity index is 555. The molecule has 112 valence electrons. The predicted octanol–water partition coefficient (Wildman–Crippen LogP) is 2.72. The lowest BCUT2D eigenvalue weighted by atomic mass is 9.85. The molecule has 4 nitrogen and oxygen atoms in total. The summed E-state index contributed by atoms with van der Waals surface area (Å²) in [6, 6.07) is 7.20. The second-order valence-electron chi connectivity index (χ2n) is 6.13. The molecule has 2 fully saturated rings. The first-order chi connectivity index (χ1) is 10.2. The number of hydrogen-bond donors (Lipinski definition) is 1. The fourth-order valence-electron chi connectivity index (χ4n) is 3.86. The number of aromatic carboxylic acids is 1. The summed E-state index contributed by atoms with van der Waals surface area (Å²) >= 11 is 0. The number of hydrogen-bond acceptors (Lipinski definition) is 2. The number of carbonyl (C=O) groups is 2. The van der Waals surface area contributed by atoms with Crippen LogP contribution in [0.2, 0.25) is 0 Å². The second-order valence-corrected chi connectivity index (χ2v) is 6.13. The van der Waals surface area contributed by atoms with Crippen molar-refractivity contribution in [3.05, 3.63) is 35.4 Å². The molecule has 0 radical (unpaired) electrons. The van der Waals surface area contributed by atoms with Gasteiger partial charge in [0.25, 0.3) is 0 Å². The van der Waals surface area contributed by atoms with Gasteiger partial charge in [0, 0.05) is 12.6 Å². The average Bonchev–Trinajstić information content (AvgIpc) is 2.91. The van der Waals surface area contributed by atoms with Crippen LogP contribution in [-0.2, 0) is 11.2 Å². The van der Waals surface area contributed by atoms with E-state index in [1.807, 2.05) is 4.90 Å². The zero-order valence-electron chi connectivity index (χ0n) is 12.1. The van der Waals surface area contributed by atoms with Crippen molar-refractivity contribution in [2.24, 2.45) is 5.92 Å². The minimum atomic E-state index is -0.963. The van der Waals surface area contributed by atoms with Crippen molar-refractivity contribution >= 4 is 11.9 Å². The van der Waals surface area contributed by atoms with Crippen LogP contribution in [0.3, 0.4) is 0 Å². The molecule has 0 bridgehead atoms. The quantitative estimate of drug-likeness (QED) is 0.930. The van der Waals surface area contributed by atoms with Crippen LogP contribution in [0.15, 0.2) is 24.3 Å². The van der Waals surface area contributed by atoms with Gasteiger partial charge in [0.15, 0.2) is 0 Å². The number of benzene rings is 1. The molecule has 1 aliphatic carbocycles. The maximum Gasteiger partial charge on any atom is 0.335 e. The van der Waals surface area contributed by atoms with E-state index in [0.29, 0.717) is 17.5 Å². The molecule has 1 saturated heterocycles. The monoisotopic (exact) mass is 287 g/mol. The summed E-state index contributed by atoms with van der Waals surface area (Å²) in [5.74, 6) is -0.217. The minimum Gasteiger partial charge on any atom is -0.478 e. The van der Waals surface area contributed by atoms with E-state index in [0.717, 1.165) is 19.4 Å². The third-order valence-electron chi connectivity index (χ3n) is 4.92. The molecule has 1 aromatic rings. The topological polar surface area (TPSA) is 57.6 Å². The van der Waals surface area contributed by atoms with Gasteiger partial charge in [-0.15, -0.1) is 0 Å². The zero-order chi connectivity index (χ0) is 14.8. The Balaban J connectivity index is 1.73. The van der Waals surface area contributed by atoms with Gasteiger partial charge in [0.05, 0.1) is 12.0 Å². The van der Waals surface area contributed by atoms with Crippen molar-refractivity contribution < 1.29 is 14.7 Å². The Hall–Kier alpha value is -1.84. The fraction of sp³-hybridized carbons (Fsp3) is 0.529. The second kappa shape index (κ2) is 5.88. The SMILES string of the molecule is O=C(O)c1ccccc1CC(=O)N1CCC2CCCCC21. The molecule has 0 spiro atoms. The number of rotatable bonds is 3. The van der Waals surface area contributed by atoms with E-state index in [2.05, 4.69) is 0 Å². The van der Waals surface area contributed by atoms with Crippen molar-refractivity contribution in [1.29, 1.82) is 0 Å². The Morgan fingerprint density at radius 1 is 1.14 bits per heavy atom. The lowest BCUT2D eigenvalue weighted by molar-refractivity contribution is -0.132. The van der Waals surface area contributed by atoms with Crippen LogP contribution in [0.1, 0.15) is 48.0 Å². The first kappa shape index (κ1) is 14.1. The standard InChI is InChI=1S/C17H21NO3/c19-16(11-13-6-1-3-7-14(13)17(20)21)18-10-9-12-5-2-4-8-15(12)18/h1,3,6-7,12,15H,2,4-5,8-11H2,(H,20,21). The van der Waals surface area contributed by atoms with E-state index in [9.17, 15) is 14.7 Å². The first-order valence-electron chi connectivity index (χ1n) is 7.77. The van der Waals surface area contributed by atoms with Gasteiger partial charge < -0.3 is 10.0 Å². The molecule has 2 atom stereocenters. The lowest BCUT2D eigenvalue weighted by Crippen LogP contribution is -2.40. The first-order valence-corrected chi connectivity index (χ1v) is 7.77. The number of likely N-dealkylation sites (tertiary alicyclic amines) is 1. The summed E-state index contributed by atoms with van der Waals surface area (Å²) in [5, 5.41) is 9.21. The number of nitrogens with zero attached hydrogens (tertiary/aromatic N) is 1. The molecular weight excluding hydrogens is 266 g/mol. The lowest BCUT2D eigenvalue weighted by Gasteiger charge is -2.31. The highest BCUT2D eigenvalue weighted by Crippen LogP contribution is 2.36. The van der Waals surface area contributed by atoms with Crippen molar-refractivity contribution in [1.82, 2.24) is 4.90 Å². The van der Waals surface area contributed by atoms with Gasteiger partial charge in [0.2, 0.25) is 5.91 Å². The van der Waals surface area contributed by atoms with Gasteiger partial charge >= 0.3 is 5.97 Å². The van der Waals surface area contributed by atoms with Gasteiger partial charge in [-0.05, 0) is 36.8 Å². The van der Waals surface area contributed by atoms with Crippen LogP contribution >= 0.6 is 0 Å². The van der Waals surface area contributed by atoms with Crippen LogP contribution in [0.5, 0.6) is 0 Å². The van der Waals surface area contributed by atoms with Crippen LogP contribution in [0, 0.1) is 5.92 Å². The zero-order valence-corrected chi connectivity index (χ0v) is 12.1. The third kappa shape index (κ3) is 2.80. The summed E-state index contributed by atoms with van der Waals surface area (Å²) in [7, 11) is 0. The fourth-order valence-corrected chi connectivity index (χ4v) is 3.86. The van der Waals surface area contributed by atoms with Crippen molar-refractivity contribution in [2.75, 3.05) is 6.54 Å². The highest BCUT2D eigenvalue weighted by Gasteiger charge is 2.38. The van der Waals surface area contributed by atoms with Gasteiger partial charge in [0.1, 0.15) is 0 Å². The normalized spacial score (nSPS) is 24.7. The molecule has 2 unspecified atom stereocenters. The summed E-state index contributed by atoms with van der Waals surface area (Å²) in [6.45, 7) is 0.837. The molecule has 0 aromatic heterocycles. The molecule has 2 aliphatic rings. The maximum atomic E-state index is 12.6. The molecular formula is C17H21NO3. The van der Waals surface area contributed by atoms with Crippen LogP contribution in [-0.4, -0.2) is 34.5 Å². The number of carbonyl (C=O) groups excluding carboxylic acids is 1. The summed E-state index contributed by atoms with van der Waals surface area (Å²) in [5.41, 5.74) is 0.861. The maximum absolute atomic E-state index is 12.6. The van der Waals surface area contributed by atoms with E-state index < -0.39 is 5.97 Å². The Labute approximate surface area is 124 Å². The van der Waals surface area contributed by atoms with Gasteiger partial charge in [-0.2, -0.15) is 0 Å². The van der Waals surface area contributed by atoms with Crippen molar-refractivity contribution in [2.45, 2.75) is 44.6 Å². The van der Waals surface area contributed by atoms with Crippen molar-refractivity contribution in [3.8, 4) is 0 Å².